The predicted molar refractivity (Wildman–Crippen MR) is 67.9 cm³/mol. The van der Waals surface area contributed by atoms with Crippen LogP contribution in [0, 0.1) is 5.92 Å². The zero-order chi connectivity index (χ0) is 13.8. The molecular formula is C12H18N4O3. The number of carbonyl (C=O) groups excluding carboxylic acids is 1. The first-order valence-electron chi connectivity index (χ1n) is 6.30. The minimum absolute atomic E-state index is 0.138. The predicted octanol–water partition coefficient (Wildman–Crippen LogP) is 0.540. The molecule has 1 fully saturated rings. The highest BCUT2D eigenvalue weighted by Crippen LogP contribution is 2.16. The van der Waals surface area contributed by atoms with Gasteiger partial charge in [0.15, 0.2) is 0 Å². The first-order chi connectivity index (χ1) is 9.08. The molecule has 19 heavy (non-hydrogen) atoms. The standard InChI is InChI=1S/C12H18N4O3/c1-15-8-13-7-10(15)11(17)14-6-9-2-4-16(5-3-9)12(18)19/h7-9H,2-6H2,1H3,(H,14,17)(H,18,19). The Morgan fingerprint density at radius 1 is 1.47 bits per heavy atom. The van der Waals surface area contributed by atoms with Crippen molar-refractivity contribution in [1.29, 1.82) is 0 Å². The highest BCUT2D eigenvalue weighted by atomic mass is 16.4. The first kappa shape index (κ1) is 13.4. The van der Waals surface area contributed by atoms with Gasteiger partial charge in [-0.2, -0.15) is 0 Å². The summed E-state index contributed by atoms with van der Waals surface area (Å²) >= 11 is 0. The monoisotopic (exact) mass is 266 g/mol. The molecule has 0 radical (unpaired) electrons. The Bertz CT molecular complexity index is 463. The number of rotatable bonds is 3. The van der Waals surface area contributed by atoms with E-state index in [-0.39, 0.29) is 5.91 Å². The van der Waals surface area contributed by atoms with Gasteiger partial charge in [-0.3, -0.25) is 4.79 Å². The van der Waals surface area contributed by atoms with Gasteiger partial charge in [0.2, 0.25) is 0 Å². The lowest BCUT2D eigenvalue weighted by atomic mass is 9.97. The number of likely N-dealkylation sites (tertiary alicyclic amines) is 1. The molecule has 0 spiro atoms. The molecule has 2 heterocycles. The number of carboxylic acid groups (broad SMARTS) is 1. The fourth-order valence-electron chi connectivity index (χ4n) is 2.23. The Morgan fingerprint density at radius 3 is 2.68 bits per heavy atom. The number of amides is 2. The van der Waals surface area contributed by atoms with Gasteiger partial charge in [0.1, 0.15) is 5.69 Å². The van der Waals surface area contributed by atoms with Crippen LogP contribution in [0.3, 0.4) is 0 Å². The maximum absolute atomic E-state index is 11.9. The summed E-state index contributed by atoms with van der Waals surface area (Å²) < 4.78 is 1.67. The largest absolute Gasteiger partial charge is 0.465 e. The van der Waals surface area contributed by atoms with Gasteiger partial charge in [-0.15, -0.1) is 0 Å². The number of hydrogen-bond donors (Lipinski definition) is 2. The SMILES string of the molecule is Cn1cncc1C(=O)NCC1CCN(C(=O)O)CC1. The number of imidazole rings is 1. The normalized spacial score (nSPS) is 16.4. The third-order valence-corrected chi connectivity index (χ3v) is 3.49. The summed E-state index contributed by atoms with van der Waals surface area (Å²) in [5, 5.41) is 11.7. The molecule has 1 aliphatic heterocycles. The van der Waals surface area contributed by atoms with Gasteiger partial charge in [-0.1, -0.05) is 0 Å². The van der Waals surface area contributed by atoms with E-state index < -0.39 is 6.09 Å². The van der Waals surface area contributed by atoms with E-state index in [9.17, 15) is 9.59 Å². The smallest absolute Gasteiger partial charge is 0.407 e. The van der Waals surface area contributed by atoms with E-state index in [1.54, 1.807) is 17.9 Å². The molecule has 0 unspecified atom stereocenters. The molecule has 7 nitrogen and oxygen atoms in total. The number of nitrogens with one attached hydrogen (secondary N) is 1. The van der Waals surface area contributed by atoms with E-state index in [4.69, 9.17) is 5.11 Å². The van der Waals surface area contributed by atoms with Crippen molar-refractivity contribution < 1.29 is 14.7 Å². The van der Waals surface area contributed by atoms with Crippen molar-refractivity contribution in [3.63, 3.8) is 0 Å². The van der Waals surface area contributed by atoms with Gasteiger partial charge < -0.3 is 19.9 Å². The van der Waals surface area contributed by atoms with E-state index in [2.05, 4.69) is 10.3 Å². The molecule has 1 aromatic heterocycles. The fourth-order valence-corrected chi connectivity index (χ4v) is 2.23. The van der Waals surface area contributed by atoms with Crippen LogP contribution in [0.2, 0.25) is 0 Å². The zero-order valence-corrected chi connectivity index (χ0v) is 10.9. The molecule has 0 saturated carbocycles. The van der Waals surface area contributed by atoms with E-state index in [1.165, 1.54) is 11.1 Å². The average molecular weight is 266 g/mol. The second kappa shape index (κ2) is 5.73. The topological polar surface area (TPSA) is 87.5 Å². The van der Waals surface area contributed by atoms with Crippen molar-refractivity contribution in [1.82, 2.24) is 19.8 Å². The molecule has 104 valence electrons. The summed E-state index contributed by atoms with van der Waals surface area (Å²) in [4.78, 5) is 27.9. The lowest BCUT2D eigenvalue weighted by Crippen LogP contribution is -2.41. The van der Waals surface area contributed by atoms with Crippen LogP contribution >= 0.6 is 0 Å². The van der Waals surface area contributed by atoms with Crippen molar-refractivity contribution in [2.24, 2.45) is 13.0 Å². The summed E-state index contributed by atoms with van der Waals surface area (Å²) in [6.07, 6.45) is 3.83. The van der Waals surface area contributed by atoms with Gasteiger partial charge in [0, 0.05) is 26.7 Å². The van der Waals surface area contributed by atoms with Crippen LogP contribution in [0.1, 0.15) is 23.3 Å². The molecular weight excluding hydrogens is 248 g/mol. The van der Waals surface area contributed by atoms with E-state index in [0.717, 1.165) is 12.8 Å². The van der Waals surface area contributed by atoms with Crippen molar-refractivity contribution in [3.05, 3.63) is 18.2 Å². The molecule has 7 heteroatoms. The van der Waals surface area contributed by atoms with Crippen LogP contribution < -0.4 is 5.32 Å². The average Bonchev–Trinajstić information content (AvgIpc) is 2.83. The Labute approximate surface area is 111 Å². The lowest BCUT2D eigenvalue weighted by Gasteiger charge is -2.29. The van der Waals surface area contributed by atoms with Gasteiger partial charge in [-0.25, -0.2) is 9.78 Å². The van der Waals surface area contributed by atoms with E-state index in [1.807, 2.05) is 0 Å². The number of aryl methyl sites for hydroxylation is 1. The highest BCUT2D eigenvalue weighted by Gasteiger charge is 2.22. The van der Waals surface area contributed by atoms with Crippen LogP contribution in [0.5, 0.6) is 0 Å². The molecule has 0 bridgehead atoms. The molecule has 2 amide bonds. The van der Waals surface area contributed by atoms with Crippen LogP contribution in [-0.2, 0) is 7.05 Å². The third kappa shape index (κ3) is 3.24. The lowest BCUT2D eigenvalue weighted by molar-refractivity contribution is 0.0921. The van der Waals surface area contributed by atoms with Crippen molar-refractivity contribution in [3.8, 4) is 0 Å². The number of hydrogen-bond acceptors (Lipinski definition) is 3. The minimum Gasteiger partial charge on any atom is -0.465 e. The molecule has 1 aromatic rings. The molecule has 2 rings (SSSR count). The molecule has 0 aliphatic carbocycles. The number of aromatic nitrogens is 2. The van der Waals surface area contributed by atoms with E-state index in [0.29, 0.717) is 31.2 Å². The Hall–Kier alpha value is -2.05. The van der Waals surface area contributed by atoms with Gasteiger partial charge >= 0.3 is 6.09 Å². The van der Waals surface area contributed by atoms with Crippen LogP contribution in [0.15, 0.2) is 12.5 Å². The summed E-state index contributed by atoms with van der Waals surface area (Å²) in [6.45, 7) is 1.67. The quantitative estimate of drug-likeness (QED) is 0.836. The first-order valence-corrected chi connectivity index (χ1v) is 6.30. The highest BCUT2D eigenvalue weighted by molar-refractivity contribution is 5.92. The third-order valence-electron chi connectivity index (χ3n) is 3.49. The Kier molecular flexibility index (Phi) is 4.03. The molecule has 1 aliphatic rings. The van der Waals surface area contributed by atoms with Crippen LogP contribution in [0.25, 0.3) is 0 Å². The summed E-state index contributed by atoms with van der Waals surface area (Å²) in [7, 11) is 1.77. The maximum atomic E-state index is 11.9. The fraction of sp³-hybridized carbons (Fsp3) is 0.583. The molecule has 0 aromatic carbocycles. The summed E-state index contributed by atoms with van der Waals surface area (Å²) in [6, 6.07) is 0. The number of piperidine rings is 1. The minimum atomic E-state index is -0.864. The maximum Gasteiger partial charge on any atom is 0.407 e. The van der Waals surface area contributed by atoms with Crippen molar-refractivity contribution in [2.75, 3.05) is 19.6 Å². The Morgan fingerprint density at radius 2 is 2.16 bits per heavy atom. The number of carbonyl (C=O) groups is 2. The van der Waals surface area contributed by atoms with Crippen LogP contribution in [0.4, 0.5) is 4.79 Å². The number of nitrogens with zero attached hydrogens (tertiary/aromatic N) is 3. The van der Waals surface area contributed by atoms with Gasteiger partial charge in [-0.05, 0) is 18.8 Å². The second-order valence-corrected chi connectivity index (χ2v) is 4.81. The van der Waals surface area contributed by atoms with Crippen molar-refractivity contribution in [2.45, 2.75) is 12.8 Å². The summed E-state index contributed by atoms with van der Waals surface area (Å²) in [5.41, 5.74) is 0.531. The van der Waals surface area contributed by atoms with Crippen molar-refractivity contribution >= 4 is 12.0 Å². The van der Waals surface area contributed by atoms with E-state index >= 15 is 0 Å². The van der Waals surface area contributed by atoms with Crippen LogP contribution in [-0.4, -0.2) is 51.2 Å². The van der Waals surface area contributed by atoms with Gasteiger partial charge in [0.25, 0.3) is 5.91 Å². The second-order valence-electron chi connectivity index (χ2n) is 4.81. The zero-order valence-electron chi connectivity index (χ0n) is 10.9. The molecule has 0 atom stereocenters. The summed E-state index contributed by atoms with van der Waals surface area (Å²) in [5.74, 6) is 0.202. The molecule has 1 saturated heterocycles. The van der Waals surface area contributed by atoms with Gasteiger partial charge in [0.05, 0.1) is 12.5 Å². The Balaban J connectivity index is 1.77. The molecule has 2 N–H and O–H groups in total.